The maximum Gasteiger partial charge on any atom is 0.315 e. The van der Waals surface area contributed by atoms with Crippen LogP contribution in [0, 0.1) is 11.3 Å². The third kappa shape index (κ3) is 3.82. The molecule has 5 nitrogen and oxygen atoms in total. The number of benzene rings is 1. The summed E-state index contributed by atoms with van der Waals surface area (Å²) in [5.74, 6) is 0.454. The summed E-state index contributed by atoms with van der Waals surface area (Å²) < 4.78 is 11.4. The summed E-state index contributed by atoms with van der Waals surface area (Å²) in [7, 11) is 0. The van der Waals surface area contributed by atoms with Crippen molar-refractivity contribution in [3.63, 3.8) is 0 Å². The molecule has 1 aromatic rings. The van der Waals surface area contributed by atoms with Crippen LogP contribution in [0.3, 0.4) is 0 Å². The molecule has 3 rings (SSSR count). The Morgan fingerprint density at radius 2 is 2.08 bits per heavy atom. The number of fused-ring (bicyclic) bond motifs is 1. The lowest BCUT2D eigenvalue weighted by atomic mass is 9.57. The summed E-state index contributed by atoms with van der Waals surface area (Å²) in [5.41, 5.74) is 2.23. The molecule has 1 aromatic carbocycles. The van der Waals surface area contributed by atoms with Crippen LogP contribution in [0.15, 0.2) is 24.3 Å². The Bertz CT molecular complexity index is 602. The Balaban J connectivity index is 1.51. The monoisotopic (exact) mass is 346 g/mol. The quantitative estimate of drug-likeness (QED) is 0.745. The minimum Gasteiger partial charge on any atom is -0.377 e. The number of ether oxygens (including phenoxy) is 2. The molecule has 0 radical (unpaired) electrons. The maximum absolute atomic E-state index is 12.4. The first kappa shape index (κ1) is 18.2. The van der Waals surface area contributed by atoms with Gasteiger partial charge < -0.3 is 20.1 Å². The fraction of sp³-hybridized carbons (Fsp3) is 0.650. The largest absolute Gasteiger partial charge is 0.377 e. The number of hydrogen-bond donors (Lipinski definition) is 2. The molecule has 138 valence electrons. The van der Waals surface area contributed by atoms with Crippen LogP contribution in [0.5, 0.6) is 0 Å². The van der Waals surface area contributed by atoms with Gasteiger partial charge in [0.2, 0.25) is 0 Å². The first-order valence-corrected chi connectivity index (χ1v) is 9.34. The molecule has 3 unspecified atom stereocenters. The van der Waals surface area contributed by atoms with E-state index >= 15 is 0 Å². The number of hydrogen-bond acceptors (Lipinski definition) is 3. The molecule has 1 aliphatic heterocycles. The molecular formula is C20H30N2O3. The van der Waals surface area contributed by atoms with E-state index in [4.69, 9.17) is 9.47 Å². The Labute approximate surface area is 150 Å². The standard InChI is InChI=1S/C20H30N2O3/c1-4-10-24-13-15-8-6-5-7-14(15)12-21-19(23)22-17-16-9-11-25-18(16)20(17,2)3/h5-8,16-18H,4,9-13H2,1-3H3,(H2,21,22,23). The van der Waals surface area contributed by atoms with E-state index in [1.165, 1.54) is 0 Å². The molecule has 2 aliphatic rings. The van der Waals surface area contributed by atoms with Gasteiger partial charge in [0.15, 0.2) is 0 Å². The van der Waals surface area contributed by atoms with Gasteiger partial charge in [-0.25, -0.2) is 4.79 Å². The molecule has 3 atom stereocenters. The van der Waals surface area contributed by atoms with E-state index < -0.39 is 0 Å². The van der Waals surface area contributed by atoms with Crippen molar-refractivity contribution in [3.05, 3.63) is 35.4 Å². The van der Waals surface area contributed by atoms with Gasteiger partial charge in [0.25, 0.3) is 0 Å². The second-order valence-corrected chi connectivity index (χ2v) is 7.69. The smallest absolute Gasteiger partial charge is 0.315 e. The van der Waals surface area contributed by atoms with Gasteiger partial charge in [-0.1, -0.05) is 45.0 Å². The average molecular weight is 346 g/mol. The average Bonchev–Trinajstić information content (AvgIpc) is 3.06. The van der Waals surface area contributed by atoms with E-state index in [0.29, 0.717) is 19.1 Å². The summed E-state index contributed by atoms with van der Waals surface area (Å²) >= 11 is 0. The fourth-order valence-corrected chi connectivity index (χ4v) is 4.18. The third-order valence-corrected chi connectivity index (χ3v) is 5.55. The Hall–Kier alpha value is -1.59. The van der Waals surface area contributed by atoms with Gasteiger partial charge >= 0.3 is 6.03 Å². The number of nitrogens with one attached hydrogen (secondary N) is 2. The van der Waals surface area contributed by atoms with Crippen molar-refractivity contribution < 1.29 is 14.3 Å². The first-order valence-electron chi connectivity index (χ1n) is 9.34. The van der Waals surface area contributed by atoms with Gasteiger partial charge in [-0.15, -0.1) is 0 Å². The van der Waals surface area contributed by atoms with Gasteiger partial charge in [-0.05, 0) is 24.0 Å². The van der Waals surface area contributed by atoms with E-state index in [9.17, 15) is 4.79 Å². The molecule has 0 bridgehead atoms. The van der Waals surface area contributed by atoms with Crippen molar-refractivity contribution in [2.45, 2.75) is 58.9 Å². The molecule has 1 aliphatic carbocycles. The van der Waals surface area contributed by atoms with Crippen molar-refractivity contribution in [1.82, 2.24) is 10.6 Å². The number of carbonyl (C=O) groups is 1. The lowest BCUT2D eigenvalue weighted by Crippen LogP contribution is -2.67. The zero-order valence-corrected chi connectivity index (χ0v) is 15.5. The van der Waals surface area contributed by atoms with E-state index in [-0.39, 0.29) is 23.6 Å². The first-order chi connectivity index (χ1) is 12.0. The summed E-state index contributed by atoms with van der Waals surface area (Å²) in [4.78, 5) is 12.4. The molecule has 5 heteroatoms. The predicted molar refractivity (Wildman–Crippen MR) is 97.2 cm³/mol. The molecule has 2 amide bonds. The van der Waals surface area contributed by atoms with E-state index in [1.807, 2.05) is 18.2 Å². The van der Waals surface area contributed by atoms with Crippen molar-refractivity contribution in [2.75, 3.05) is 13.2 Å². The SMILES string of the molecule is CCCOCc1ccccc1CNC(=O)NC1C2CCOC2C1(C)C. The summed E-state index contributed by atoms with van der Waals surface area (Å²) in [6, 6.07) is 8.17. The molecule has 0 aromatic heterocycles. The van der Waals surface area contributed by atoms with Crippen molar-refractivity contribution >= 4 is 6.03 Å². The highest BCUT2D eigenvalue weighted by Crippen LogP contribution is 2.52. The summed E-state index contributed by atoms with van der Waals surface area (Å²) in [5, 5.41) is 6.16. The Morgan fingerprint density at radius 3 is 2.84 bits per heavy atom. The second-order valence-electron chi connectivity index (χ2n) is 7.69. The van der Waals surface area contributed by atoms with Crippen LogP contribution in [0.4, 0.5) is 4.79 Å². The van der Waals surface area contributed by atoms with Gasteiger partial charge in [0, 0.05) is 37.1 Å². The molecule has 2 fully saturated rings. The minimum atomic E-state index is -0.104. The Kier molecular flexibility index (Phi) is 5.64. The van der Waals surface area contributed by atoms with Crippen molar-refractivity contribution in [2.24, 2.45) is 11.3 Å². The molecule has 1 saturated heterocycles. The van der Waals surface area contributed by atoms with Crippen molar-refractivity contribution in [1.29, 1.82) is 0 Å². The van der Waals surface area contributed by atoms with Crippen LogP contribution in [0.25, 0.3) is 0 Å². The highest BCUT2D eigenvalue weighted by Gasteiger charge is 2.59. The van der Waals surface area contributed by atoms with Crippen LogP contribution in [-0.2, 0) is 22.6 Å². The van der Waals surface area contributed by atoms with E-state index in [1.54, 1.807) is 0 Å². The molecule has 2 N–H and O–H groups in total. The molecule has 1 saturated carbocycles. The number of urea groups is 1. The zero-order valence-electron chi connectivity index (χ0n) is 15.5. The lowest BCUT2D eigenvalue weighted by molar-refractivity contribution is -0.108. The molecule has 1 heterocycles. The van der Waals surface area contributed by atoms with Gasteiger partial charge in [-0.2, -0.15) is 0 Å². The summed E-state index contributed by atoms with van der Waals surface area (Å²) in [6.45, 7) is 9.10. The highest BCUT2D eigenvalue weighted by atomic mass is 16.5. The normalized spacial score (nSPS) is 26.6. The molecule has 0 spiro atoms. The highest BCUT2D eigenvalue weighted by molar-refractivity contribution is 5.74. The zero-order chi connectivity index (χ0) is 17.9. The second kappa shape index (κ2) is 7.75. The maximum atomic E-state index is 12.4. The van der Waals surface area contributed by atoms with Crippen LogP contribution in [0.1, 0.15) is 44.7 Å². The van der Waals surface area contributed by atoms with Crippen molar-refractivity contribution in [3.8, 4) is 0 Å². The van der Waals surface area contributed by atoms with Crippen LogP contribution in [0.2, 0.25) is 0 Å². The van der Waals surface area contributed by atoms with Crippen LogP contribution < -0.4 is 10.6 Å². The van der Waals surface area contributed by atoms with Gasteiger partial charge in [0.1, 0.15) is 0 Å². The predicted octanol–water partition coefficient (Wildman–Crippen LogP) is 3.23. The van der Waals surface area contributed by atoms with Crippen LogP contribution >= 0.6 is 0 Å². The van der Waals surface area contributed by atoms with Gasteiger partial charge in [-0.3, -0.25) is 0 Å². The number of rotatable bonds is 7. The van der Waals surface area contributed by atoms with E-state index in [0.717, 1.165) is 37.2 Å². The van der Waals surface area contributed by atoms with Gasteiger partial charge in [0.05, 0.1) is 12.7 Å². The number of carbonyl (C=O) groups excluding carboxylic acids is 1. The topological polar surface area (TPSA) is 59.6 Å². The Morgan fingerprint density at radius 1 is 1.32 bits per heavy atom. The summed E-state index contributed by atoms with van der Waals surface area (Å²) in [6.07, 6.45) is 2.33. The fourth-order valence-electron chi connectivity index (χ4n) is 4.18. The van der Waals surface area contributed by atoms with Crippen LogP contribution in [-0.4, -0.2) is 31.4 Å². The third-order valence-electron chi connectivity index (χ3n) is 5.55. The minimum absolute atomic E-state index is 0.00437. The number of amides is 2. The lowest BCUT2D eigenvalue weighted by Gasteiger charge is -2.54. The molecule has 25 heavy (non-hydrogen) atoms. The molecular weight excluding hydrogens is 316 g/mol. The van der Waals surface area contributed by atoms with E-state index in [2.05, 4.69) is 37.5 Å².